The molecular formula is C19H24N4O3. The van der Waals surface area contributed by atoms with E-state index in [4.69, 9.17) is 14.5 Å². The summed E-state index contributed by atoms with van der Waals surface area (Å²) in [7, 11) is 3.28. The lowest BCUT2D eigenvalue weighted by molar-refractivity contribution is 0.190. The Morgan fingerprint density at radius 1 is 1.27 bits per heavy atom. The predicted octanol–water partition coefficient (Wildman–Crippen LogP) is 2.96. The van der Waals surface area contributed by atoms with Gasteiger partial charge in [0, 0.05) is 25.8 Å². The number of rotatable bonds is 7. The number of fused-ring (bicyclic) bond motifs is 1. The van der Waals surface area contributed by atoms with Crippen molar-refractivity contribution in [3.05, 3.63) is 40.4 Å². The molecule has 26 heavy (non-hydrogen) atoms. The Hall–Kier alpha value is -2.67. The fourth-order valence-corrected chi connectivity index (χ4v) is 2.91. The van der Waals surface area contributed by atoms with Gasteiger partial charge in [-0.15, -0.1) is 0 Å². The van der Waals surface area contributed by atoms with Gasteiger partial charge in [0.1, 0.15) is 5.75 Å². The van der Waals surface area contributed by atoms with Crippen LogP contribution < -0.4 is 10.4 Å². The van der Waals surface area contributed by atoms with Crippen LogP contribution >= 0.6 is 0 Å². The van der Waals surface area contributed by atoms with E-state index in [9.17, 15) is 4.79 Å². The number of aromatic amines is 1. The molecule has 138 valence electrons. The van der Waals surface area contributed by atoms with E-state index in [1.54, 1.807) is 25.0 Å². The summed E-state index contributed by atoms with van der Waals surface area (Å²) in [6.45, 7) is 5.38. The molecule has 2 heterocycles. The lowest BCUT2D eigenvalue weighted by Crippen LogP contribution is -2.18. The van der Waals surface area contributed by atoms with Gasteiger partial charge in [-0.3, -0.25) is 9.55 Å². The van der Waals surface area contributed by atoms with Crippen LogP contribution in [0.15, 0.2) is 29.2 Å². The summed E-state index contributed by atoms with van der Waals surface area (Å²) < 4.78 is 12.2. The SMILES string of the molecule is COCCCn1c(=O)[nH]c2ncc(-c3cc(C(C)C)ccc3OC)nc21. The molecule has 0 radical (unpaired) electrons. The topological polar surface area (TPSA) is 82.0 Å². The predicted molar refractivity (Wildman–Crippen MR) is 101 cm³/mol. The van der Waals surface area contributed by atoms with E-state index in [2.05, 4.69) is 35.9 Å². The van der Waals surface area contributed by atoms with Crippen molar-refractivity contribution < 1.29 is 9.47 Å². The molecule has 1 aromatic carbocycles. The molecule has 1 N–H and O–H groups in total. The van der Waals surface area contributed by atoms with Gasteiger partial charge >= 0.3 is 5.69 Å². The summed E-state index contributed by atoms with van der Waals surface area (Å²) in [6, 6.07) is 6.06. The molecule has 0 fully saturated rings. The maximum absolute atomic E-state index is 12.2. The van der Waals surface area contributed by atoms with Crippen LogP contribution in [-0.2, 0) is 11.3 Å². The number of aromatic nitrogens is 4. The van der Waals surface area contributed by atoms with E-state index in [0.717, 1.165) is 17.7 Å². The molecule has 0 unspecified atom stereocenters. The number of aryl methyl sites for hydroxylation is 1. The maximum Gasteiger partial charge on any atom is 0.328 e. The van der Waals surface area contributed by atoms with E-state index >= 15 is 0 Å². The van der Waals surface area contributed by atoms with E-state index in [0.29, 0.717) is 36.1 Å². The van der Waals surface area contributed by atoms with Gasteiger partial charge < -0.3 is 9.47 Å². The molecule has 0 amide bonds. The number of nitrogens with zero attached hydrogens (tertiary/aromatic N) is 3. The zero-order valence-corrected chi connectivity index (χ0v) is 15.6. The Labute approximate surface area is 152 Å². The second-order valence-electron chi connectivity index (χ2n) is 6.47. The van der Waals surface area contributed by atoms with Crippen LogP contribution in [0.4, 0.5) is 0 Å². The standard InChI is InChI=1S/C19H24N4O3/c1-12(2)13-6-7-16(26-4)14(10-13)15-11-20-17-18(21-15)23(19(24)22-17)8-5-9-25-3/h6-7,10-12H,5,8-9H2,1-4H3,(H,20,22,24). The van der Waals surface area contributed by atoms with E-state index in [-0.39, 0.29) is 5.69 Å². The van der Waals surface area contributed by atoms with Gasteiger partial charge in [-0.1, -0.05) is 19.9 Å². The fourth-order valence-electron chi connectivity index (χ4n) is 2.91. The third kappa shape index (κ3) is 3.48. The molecule has 7 nitrogen and oxygen atoms in total. The number of methoxy groups -OCH3 is 2. The minimum atomic E-state index is -0.212. The van der Waals surface area contributed by atoms with Gasteiger partial charge in [-0.2, -0.15) is 0 Å². The molecule has 0 spiro atoms. The van der Waals surface area contributed by atoms with Crippen molar-refractivity contribution in [2.75, 3.05) is 20.8 Å². The number of imidazole rings is 1. The third-order valence-electron chi connectivity index (χ3n) is 4.38. The van der Waals surface area contributed by atoms with Crippen LogP contribution in [0.1, 0.15) is 31.7 Å². The van der Waals surface area contributed by atoms with Crippen molar-refractivity contribution in [3.63, 3.8) is 0 Å². The number of H-pyrrole nitrogens is 1. The van der Waals surface area contributed by atoms with Crippen LogP contribution in [0, 0.1) is 0 Å². The molecule has 3 rings (SSSR count). The number of nitrogens with one attached hydrogen (secondary N) is 1. The minimum absolute atomic E-state index is 0.212. The van der Waals surface area contributed by atoms with Gasteiger partial charge in [0.2, 0.25) is 0 Å². The van der Waals surface area contributed by atoms with Crippen LogP contribution in [0.2, 0.25) is 0 Å². The highest BCUT2D eigenvalue weighted by Gasteiger charge is 2.15. The highest BCUT2D eigenvalue weighted by Crippen LogP contribution is 2.32. The van der Waals surface area contributed by atoms with Crippen molar-refractivity contribution >= 4 is 11.3 Å². The van der Waals surface area contributed by atoms with Crippen molar-refractivity contribution in [1.82, 2.24) is 19.5 Å². The molecule has 0 aliphatic rings. The quantitative estimate of drug-likeness (QED) is 0.658. The summed E-state index contributed by atoms with van der Waals surface area (Å²) in [4.78, 5) is 24.1. The Morgan fingerprint density at radius 2 is 2.08 bits per heavy atom. The van der Waals surface area contributed by atoms with E-state index in [1.807, 2.05) is 6.07 Å². The number of hydrogen-bond donors (Lipinski definition) is 1. The first-order valence-electron chi connectivity index (χ1n) is 8.68. The number of benzene rings is 1. The van der Waals surface area contributed by atoms with Crippen molar-refractivity contribution in [1.29, 1.82) is 0 Å². The average Bonchev–Trinajstić information content (AvgIpc) is 2.96. The lowest BCUT2D eigenvalue weighted by Gasteiger charge is -2.12. The second-order valence-corrected chi connectivity index (χ2v) is 6.47. The van der Waals surface area contributed by atoms with Crippen LogP contribution in [0.3, 0.4) is 0 Å². The normalized spacial score (nSPS) is 11.4. The van der Waals surface area contributed by atoms with Crippen molar-refractivity contribution in [2.24, 2.45) is 0 Å². The molecule has 2 aromatic heterocycles. The van der Waals surface area contributed by atoms with Crippen LogP contribution in [-0.4, -0.2) is 40.3 Å². The fraction of sp³-hybridized carbons (Fsp3) is 0.421. The molecule has 0 saturated heterocycles. The molecule has 0 atom stereocenters. The molecule has 0 bridgehead atoms. The molecule has 3 aromatic rings. The summed E-state index contributed by atoms with van der Waals surface area (Å²) in [5.41, 5.74) is 3.54. The number of ether oxygens (including phenoxy) is 2. The number of hydrogen-bond acceptors (Lipinski definition) is 5. The summed E-state index contributed by atoms with van der Waals surface area (Å²) in [5.74, 6) is 1.11. The summed E-state index contributed by atoms with van der Waals surface area (Å²) in [5, 5.41) is 0. The average molecular weight is 356 g/mol. The first-order valence-corrected chi connectivity index (χ1v) is 8.68. The molecule has 7 heteroatoms. The van der Waals surface area contributed by atoms with Crippen LogP contribution in [0.25, 0.3) is 22.6 Å². The first kappa shape index (κ1) is 18.1. The minimum Gasteiger partial charge on any atom is -0.496 e. The van der Waals surface area contributed by atoms with Gasteiger partial charge in [0.05, 0.1) is 19.0 Å². The maximum atomic E-state index is 12.2. The Bertz CT molecular complexity index is 959. The molecule has 0 saturated carbocycles. The van der Waals surface area contributed by atoms with E-state index < -0.39 is 0 Å². The third-order valence-corrected chi connectivity index (χ3v) is 4.38. The lowest BCUT2D eigenvalue weighted by atomic mass is 9.99. The van der Waals surface area contributed by atoms with Crippen molar-refractivity contribution in [3.8, 4) is 17.0 Å². The van der Waals surface area contributed by atoms with Gasteiger partial charge in [-0.25, -0.2) is 14.8 Å². The highest BCUT2D eigenvalue weighted by molar-refractivity contribution is 5.74. The zero-order valence-electron chi connectivity index (χ0n) is 15.6. The Morgan fingerprint density at radius 3 is 2.77 bits per heavy atom. The summed E-state index contributed by atoms with van der Waals surface area (Å²) >= 11 is 0. The van der Waals surface area contributed by atoms with Crippen LogP contribution in [0.5, 0.6) is 5.75 Å². The van der Waals surface area contributed by atoms with Gasteiger partial charge in [0.25, 0.3) is 0 Å². The monoisotopic (exact) mass is 356 g/mol. The van der Waals surface area contributed by atoms with Crippen molar-refractivity contribution in [2.45, 2.75) is 32.7 Å². The molecule has 0 aliphatic carbocycles. The van der Waals surface area contributed by atoms with Gasteiger partial charge in [-0.05, 0) is 30.0 Å². The zero-order chi connectivity index (χ0) is 18.7. The molecular weight excluding hydrogens is 332 g/mol. The smallest absolute Gasteiger partial charge is 0.328 e. The summed E-state index contributed by atoms with van der Waals surface area (Å²) in [6.07, 6.45) is 2.39. The first-order chi connectivity index (χ1) is 12.5. The largest absolute Gasteiger partial charge is 0.496 e. The highest BCUT2D eigenvalue weighted by atomic mass is 16.5. The second kappa shape index (κ2) is 7.70. The Kier molecular flexibility index (Phi) is 5.37. The molecule has 0 aliphatic heterocycles. The van der Waals surface area contributed by atoms with Gasteiger partial charge in [0.15, 0.2) is 11.3 Å². The Balaban J connectivity index is 2.10. The van der Waals surface area contributed by atoms with E-state index in [1.165, 1.54) is 5.56 Å².